The Labute approximate surface area is 179 Å². The third-order valence-corrected chi connectivity index (χ3v) is 8.04. The molecule has 1 aliphatic heterocycles. The van der Waals surface area contributed by atoms with Crippen LogP contribution in [0, 0.1) is 0 Å². The molecule has 1 amide bonds. The second-order valence-corrected chi connectivity index (χ2v) is 10.2. The number of sulfonamides is 1. The van der Waals surface area contributed by atoms with Gasteiger partial charge in [0.2, 0.25) is 5.91 Å². The van der Waals surface area contributed by atoms with E-state index in [1.807, 2.05) is 13.8 Å². The molecule has 7 nitrogen and oxygen atoms in total. The molecule has 158 valence electrons. The monoisotopic (exact) mass is 458 g/mol. The molecule has 1 saturated heterocycles. The standard InChI is InChI=1S/C19H23ClN2O5S2/c1-3-26-13-7-8-16(27-4-2)14(12-13)21-19(23)15-6-5-11-22(15)29(24,25)18-10-9-17(20)28-18/h7-10,12,15H,3-6,11H2,1-2H3,(H,21,23)/t15-/m0/s1. The highest BCUT2D eigenvalue weighted by Gasteiger charge is 2.40. The van der Waals surface area contributed by atoms with Gasteiger partial charge in [-0.3, -0.25) is 4.79 Å². The van der Waals surface area contributed by atoms with E-state index < -0.39 is 22.0 Å². The predicted molar refractivity (Wildman–Crippen MR) is 114 cm³/mol. The molecule has 2 aromatic rings. The Balaban J connectivity index is 1.83. The molecule has 1 fully saturated rings. The molecule has 0 radical (unpaired) electrons. The molecular formula is C19H23ClN2O5S2. The molecule has 0 saturated carbocycles. The lowest BCUT2D eigenvalue weighted by atomic mass is 10.2. The number of amides is 1. The molecule has 1 aromatic heterocycles. The number of anilines is 1. The zero-order chi connectivity index (χ0) is 21.0. The van der Waals surface area contributed by atoms with Crippen molar-refractivity contribution in [2.45, 2.75) is 36.9 Å². The van der Waals surface area contributed by atoms with Crippen LogP contribution in [0.25, 0.3) is 0 Å². The number of nitrogens with one attached hydrogen (secondary N) is 1. The van der Waals surface area contributed by atoms with Gasteiger partial charge in [0.05, 0.1) is 23.2 Å². The molecular weight excluding hydrogens is 436 g/mol. The molecule has 1 N–H and O–H groups in total. The number of ether oxygens (including phenoxy) is 2. The number of carbonyl (C=O) groups excluding carboxylic acids is 1. The Morgan fingerprint density at radius 3 is 2.66 bits per heavy atom. The fraction of sp³-hybridized carbons (Fsp3) is 0.421. The van der Waals surface area contributed by atoms with Gasteiger partial charge in [0.15, 0.2) is 0 Å². The predicted octanol–water partition coefficient (Wildman–Crippen LogP) is 3.99. The fourth-order valence-corrected chi connectivity index (χ4v) is 6.47. The van der Waals surface area contributed by atoms with Crippen LogP contribution in [0.1, 0.15) is 26.7 Å². The first-order valence-corrected chi connectivity index (χ1v) is 12.0. The van der Waals surface area contributed by atoms with Crippen molar-refractivity contribution in [1.29, 1.82) is 0 Å². The third kappa shape index (κ3) is 4.85. The molecule has 0 spiro atoms. The van der Waals surface area contributed by atoms with E-state index in [1.54, 1.807) is 18.2 Å². The van der Waals surface area contributed by atoms with Gasteiger partial charge in [-0.15, -0.1) is 11.3 Å². The van der Waals surface area contributed by atoms with E-state index in [0.29, 0.717) is 47.6 Å². The number of rotatable bonds is 8. The first-order valence-electron chi connectivity index (χ1n) is 9.34. The van der Waals surface area contributed by atoms with Crippen molar-refractivity contribution < 1.29 is 22.7 Å². The van der Waals surface area contributed by atoms with Crippen molar-refractivity contribution in [3.63, 3.8) is 0 Å². The normalized spacial score (nSPS) is 17.3. The minimum Gasteiger partial charge on any atom is -0.494 e. The van der Waals surface area contributed by atoms with Crippen LogP contribution in [0.3, 0.4) is 0 Å². The second kappa shape index (κ2) is 9.34. The van der Waals surface area contributed by atoms with Gasteiger partial charge in [-0.1, -0.05) is 11.6 Å². The van der Waals surface area contributed by atoms with Crippen LogP contribution >= 0.6 is 22.9 Å². The van der Waals surface area contributed by atoms with Gasteiger partial charge in [-0.2, -0.15) is 4.31 Å². The van der Waals surface area contributed by atoms with Crippen molar-refractivity contribution in [2.24, 2.45) is 0 Å². The summed E-state index contributed by atoms with van der Waals surface area (Å²) in [5, 5.41) is 2.82. The lowest BCUT2D eigenvalue weighted by Gasteiger charge is -2.23. The smallest absolute Gasteiger partial charge is 0.253 e. The summed E-state index contributed by atoms with van der Waals surface area (Å²) in [7, 11) is -3.79. The maximum atomic E-state index is 13.0. The lowest BCUT2D eigenvalue weighted by Crippen LogP contribution is -2.42. The van der Waals surface area contributed by atoms with E-state index in [4.69, 9.17) is 21.1 Å². The molecule has 1 aliphatic rings. The number of hydrogen-bond acceptors (Lipinski definition) is 6. The molecule has 10 heteroatoms. The molecule has 29 heavy (non-hydrogen) atoms. The number of thiophene rings is 1. The molecule has 0 unspecified atom stereocenters. The van der Waals surface area contributed by atoms with E-state index >= 15 is 0 Å². The van der Waals surface area contributed by atoms with E-state index in [-0.39, 0.29) is 10.8 Å². The van der Waals surface area contributed by atoms with E-state index in [2.05, 4.69) is 5.32 Å². The molecule has 1 atom stereocenters. The second-order valence-electron chi connectivity index (χ2n) is 6.35. The molecule has 0 bridgehead atoms. The summed E-state index contributed by atoms with van der Waals surface area (Å²) < 4.78 is 38.8. The largest absolute Gasteiger partial charge is 0.494 e. The van der Waals surface area contributed by atoms with Crippen LogP contribution in [0.15, 0.2) is 34.5 Å². The number of benzene rings is 1. The minimum absolute atomic E-state index is 0.135. The lowest BCUT2D eigenvalue weighted by molar-refractivity contribution is -0.119. The average molecular weight is 459 g/mol. The zero-order valence-electron chi connectivity index (χ0n) is 16.2. The highest BCUT2D eigenvalue weighted by Crippen LogP contribution is 2.34. The van der Waals surface area contributed by atoms with Crippen LogP contribution in [-0.2, 0) is 14.8 Å². The van der Waals surface area contributed by atoms with Gasteiger partial charge in [0.1, 0.15) is 21.8 Å². The maximum Gasteiger partial charge on any atom is 0.253 e. The number of nitrogens with zero attached hydrogens (tertiary/aromatic N) is 1. The third-order valence-electron chi connectivity index (χ3n) is 4.44. The van der Waals surface area contributed by atoms with E-state index in [1.165, 1.54) is 16.4 Å². The fourth-order valence-electron chi connectivity index (χ4n) is 3.20. The molecule has 0 aliphatic carbocycles. The van der Waals surface area contributed by atoms with Crippen LogP contribution in [0.5, 0.6) is 11.5 Å². The highest BCUT2D eigenvalue weighted by molar-refractivity contribution is 7.91. The Hall–Kier alpha value is -1.81. The number of halogens is 1. The summed E-state index contributed by atoms with van der Waals surface area (Å²) >= 11 is 6.88. The van der Waals surface area contributed by atoms with Crippen molar-refractivity contribution in [2.75, 3.05) is 25.1 Å². The van der Waals surface area contributed by atoms with Gasteiger partial charge in [-0.05, 0) is 51.0 Å². The van der Waals surface area contributed by atoms with Crippen molar-refractivity contribution >= 4 is 44.6 Å². The zero-order valence-corrected chi connectivity index (χ0v) is 18.6. The number of hydrogen-bond donors (Lipinski definition) is 1. The summed E-state index contributed by atoms with van der Waals surface area (Å²) in [4.78, 5) is 13.0. The molecule has 3 rings (SSSR count). The van der Waals surface area contributed by atoms with Gasteiger partial charge < -0.3 is 14.8 Å². The first kappa shape index (κ1) is 21.9. The number of carbonyl (C=O) groups is 1. The van der Waals surface area contributed by atoms with Gasteiger partial charge in [-0.25, -0.2) is 8.42 Å². The maximum absolute atomic E-state index is 13.0. The van der Waals surface area contributed by atoms with Crippen LogP contribution in [0.4, 0.5) is 5.69 Å². The van der Waals surface area contributed by atoms with Crippen LogP contribution in [-0.4, -0.2) is 44.4 Å². The summed E-state index contributed by atoms with van der Waals surface area (Å²) in [6.07, 6.45) is 1.05. The Morgan fingerprint density at radius 1 is 1.24 bits per heavy atom. The minimum atomic E-state index is -3.79. The summed E-state index contributed by atoms with van der Waals surface area (Å²) in [6.45, 7) is 4.92. The van der Waals surface area contributed by atoms with Crippen LogP contribution in [0.2, 0.25) is 4.34 Å². The summed E-state index contributed by atoms with van der Waals surface area (Å²) in [6, 6.07) is 7.37. The molecule has 2 heterocycles. The van der Waals surface area contributed by atoms with Crippen molar-refractivity contribution in [3.8, 4) is 11.5 Å². The topological polar surface area (TPSA) is 84.9 Å². The van der Waals surface area contributed by atoms with Gasteiger partial charge in [0.25, 0.3) is 10.0 Å². The Bertz CT molecular complexity index is 977. The quantitative estimate of drug-likeness (QED) is 0.646. The Kier molecular flexibility index (Phi) is 7.05. The average Bonchev–Trinajstić information content (AvgIpc) is 3.34. The van der Waals surface area contributed by atoms with Gasteiger partial charge >= 0.3 is 0 Å². The molecule has 1 aromatic carbocycles. The SMILES string of the molecule is CCOc1ccc(OCC)c(NC(=O)[C@@H]2CCCN2S(=O)(=O)c2ccc(Cl)s2)c1. The summed E-state index contributed by atoms with van der Waals surface area (Å²) in [5.41, 5.74) is 0.450. The van der Waals surface area contributed by atoms with Gasteiger partial charge in [0, 0.05) is 12.6 Å². The Morgan fingerprint density at radius 2 is 2.00 bits per heavy atom. The van der Waals surface area contributed by atoms with E-state index in [9.17, 15) is 13.2 Å². The van der Waals surface area contributed by atoms with E-state index in [0.717, 1.165) is 11.3 Å². The summed E-state index contributed by atoms with van der Waals surface area (Å²) in [5.74, 6) is 0.695. The highest BCUT2D eigenvalue weighted by atomic mass is 35.5. The van der Waals surface area contributed by atoms with Crippen molar-refractivity contribution in [3.05, 3.63) is 34.7 Å². The van der Waals surface area contributed by atoms with Crippen molar-refractivity contribution in [1.82, 2.24) is 4.31 Å². The first-order chi connectivity index (χ1) is 13.9. The van der Waals surface area contributed by atoms with Crippen LogP contribution < -0.4 is 14.8 Å².